The van der Waals surface area contributed by atoms with Crippen molar-refractivity contribution in [2.75, 3.05) is 26.8 Å². The molecule has 3 atom stereocenters. The number of amides is 2. The minimum Gasteiger partial charge on any atom is -0.481 e. The van der Waals surface area contributed by atoms with Crippen molar-refractivity contribution in [1.29, 1.82) is 0 Å². The van der Waals surface area contributed by atoms with E-state index in [4.69, 9.17) is 9.84 Å². The number of hydrogen-bond donors (Lipinski definition) is 2. The van der Waals surface area contributed by atoms with Gasteiger partial charge in [0.25, 0.3) is 0 Å². The average Bonchev–Trinajstić information content (AvgIpc) is 2.36. The second kappa shape index (κ2) is 7.33. The van der Waals surface area contributed by atoms with Gasteiger partial charge in [0.05, 0.1) is 12.5 Å². The number of carbonyl (C=O) groups excluding carboxylic acids is 1. The molecular weight excluding hydrogens is 248 g/mol. The van der Waals surface area contributed by atoms with Crippen LogP contribution in [-0.2, 0) is 9.53 Å². The molecule has 2 amide bonds. The number of hydrogen-bond acceptors (Lipinski definition) is 3. The molecular formula is C13H24N2O4. The molecule has 3 unspecified atom stereocenters. The van der Waals surface area contributed by atoms with E-state index in [9.17, 15) is 9.59 Å². The summed E-state index contributed by atoms with van der Waals surface area (Å²) in [6.07, 6.45) is 1.05. The third kappa shape index (κ3) is 4.70. The van der Waals surface area contributed by atoms with E-state index < -0.39 is 5.97 Å². The van der Waals surface area contributed by atoms with E-state index in [1.165, 1.54) is 0 Å². The van der Waals surface area contributed by atoms with Gasteiger partial charge in [-0.25, -0.2) is 4.79 Å². The van der Waals surface area contributed by atoms with E-state index in [0.29, 0.717) is 32.5 Å². The van der Waals surface area contributed by atoms with Crippen molar-refractivity contribution in [3.8, 4) is 0 Å². The molecule has 0 aromatic rings. The molecule has 1 heterocycles. The van der Waals surface area contributed by atoms with E-state index in [2.05, 4.69) is 5.32 Å². The summed E-state index contributed by atoms with van der Waals surface area (Å²) < 4.78 is 5.01. The molecule has 1 saturated heterocycles. The number of likely N-dealkylation sites (tertiary alicyclic amines) is 1. The van der Waals surface area contributed by atoms with E-state index in [0.717, 1.165) is 0 Å². The van der Waals surface area contributed by atoms with Crippen molar-refractivity contribution in [2.45, 2.75) is 32.7 Å². The van der Waals surface area contributed by atoms with Crippen LogP contribution in [0.5, 0.6) is 0 Å². The molecule has 0 radical (unpaired) electrons. The first kappa shape index (κ1) is 15.8. The Morgan fingerprint density at radius 3 is 2.74 bits per heavy atom. The van der Waals surface area contributed by atoms with Gasteiger partial charge in [-0.3, -0.25) is 4.79 Å². The van der Waals surface area contributed by atoms with Crippen molar-refractivity contribution < 1.29 is 19.4 Å². The third-order valence-electron chi connectivity index (χ3n) is 3.54. The largest absolute Gasteiger partial charge is 0.481 e. The molecule has 0 spiro atoms. The monoisotopic (exact) mass is 272 g/mol. The molecule has 1 aliphatic rings. The molecule has 0 aromatic heterocycles. The lowest BCUT2D eigenvalue weighted by Crippen LogP contribution is -2.50. The van der Waals surface area contributed by atoms with E-state index in [1.807, 2.05) is 13.8 Å². The molecule has 6 heteroatoms. The van der Waals surface area contributed by atoms with Gasteiger partial charge in [0.1, 0.15) is 0 Å². The number of methoxy groups -OCH3 is 1. The van der Waals surface area contributed by atoms with Gasteiger partial charge < -0.3 is 20.1 Å². The fourth-order valence-corrected chi connectivity index (χ4v) is 2.40. The molecule has 0 bridgehead atoms. The second-order valence-electron chi connectivity index (χ2n) is 5.35. The first-order valence-corrected chi connectivity index (χ1v) is 6.71. The highest BCUT2D eigenvalue weighted by Crippen LogP contribution is 2.22. The Bertz CT molecular complexity index is 322. The van der Waals surface area contributed by atoms with Gasteiger partial charge in [-0.1, -0.05) is 6.92 Å². The fourth-order valence-electron chi connectivity index (χ4n) is 2.40. The second-order valence-corrected chi connectivity index (χ2v) is 5.35. The quantitative estimate of drug-likeness (QED) is 0.787. The van der Waals surface area contributed by atoms with Crippen molar-refractivity contribution in [3.63, 3.8) is 0 Å². The Balaban J connectivity index is 2.39. The Morgan fingerprint density at radius 2 is 2.21 bits per heavy atom. The Hall–Kier alpha value is -1.30. The summed E-state index contributed by atoms with van der Waals surface area (Å²) in [6, 6.07) is -0.146. The number of rotatable bonds is 5. The SMILES string of the molecule is COCC(C)CNC(=O)N1CCC(C(=O)O)CC1C. The highest BCUT2D eigenvalue weighted by molar-refractivity contribution is 5.75. The fraction of sp³-hybridized carbons (Fsp3) is 0.846. The number of nitrogens with zero attached hydrogens (tertiary/aromatic N) is 1. The number of aliphatic carboxylic acids is 1. The van der Waals surface area contributed by atoms with Gasteiger partial charge in [0, 0.05) is 26.2 Å². The Kier molecular flexibility index (Phi) is 6.08. The van der Waals surface area contributed by atoms with Crippen molar-refractivity contribution in [1.82, 2.24) is 10.2 Å². The summed E-state index contributed by atoms with van der Waals surface area (Å²) in [5.41, 5.74) is 0. The molecule has 110 valence electrons. The highest BCUT2D eigenvalue weighted by Gasteiger charge is 2.32. The zero-order valence-electron chi connectivity index (χ0n) is 11.9. The minimum atomic E-state index is -0.763. The predicted molar refractivity (Wildman–Crippen MR) is 71.0 cm³/mol. The molecule has 1 rings (SSSR count). The van der Waals surface area contributed by atoms with E-state index in [1.54, 1.807) is 12.0 Å². The average molecular weight is 272 g/mol. The smallest absolute Gasteiger partial charge is 0.317 e. The molecule has 0 aromatic carbocycles. The van der Waals surface area contributed by atoms with Gasteiger partial charge in [0.2, 0.25) is 0 Å². The van der Waals surface area contributed by atoms with Gasteiger partial charge in [-0.2, -0.15) is 0 Å². The molecule has 19 heavy (non-hydrogen) atoms. The van der Waals surface area contributed by atoms with Crippen molar-refractivity contribution in [2.24, 2.45) is 11.8 Å². The van der Waals surface area contributed by atoms with Crippen LogP contribution in [0, 0.1) is 11.8 Å². The number of piperidine rings is 1. The van der Waals surface area contributed by atoms with Crippen LogP contribution in [0.25, 0.3) is 0 Å². The summed E-state index contributed by atoms with van der Waals surface area (Å²) in [5.74, 6) is -0.826. The van der Waals surface area contributed by atoms with Crippen molar-refractivity contribution >= 4 is 12.0 Å². The van der Waals surface area contributed by atoms with Crippen LogP contribution in [-0.4, -0.2) is 54.9 Å². The number of urea groups is 1. The maximum Gasteiger partial charge on any atom is 0.317 e. The number of carboxylic acid groups (broad SMARTS) is 1. The summed E-state index contributed by atoms with van der Waals surface area (Å²) >= 11 is 0. The van der Waals surface area contributed by atoms with Gasteiger partial charge in [-0.05, 0) is 25.7 Å². The van der Waals surface area contributed by atoms with Gasteiger partial charge in [0.15, 0.2) is 0 Å². The maximum absolute atomic E-state index is 12.0. The predicted octanol–water partition coefficient (Wildman–Crippen LogP) is 1.16. The van der Waals surface area contributed by atoms with Gasteiger partial charge in [-0.15, -0.1) is 0 Å². The first-order valence-electron chi connectivity index (χ1n) is 6.71. The summed E-state index contributed by atoms with van der Waals surface area (Å²) in [5, 5.41) is 11.9. The molecule has 1 aliphatic heterocycles. The van der Waals surface area contributed by atoms with Gasteiger partial charge >= 0.3 is 12.0 Å². The first-order chi connectivity index (χ1) is 8.95. The number of carboxylic acids is 1. The lowest BCUT2D eigenvalue weighted by atomic mass is 9.92. The number of nitrogens with one attached hydrogen (secondary N) is 1. The lowest BCUT2D eigenvalue weighted by Gasteiger charge is -2.36. The van der Waals surface area contributed by atoms with Crippen LogP contribution in [0.4, 0.5) is 4.79 Å². The Labute approximate surface area is 114 Å². The normalized spacial score (nSPS) is 24.9. The standard InChI is InChI=1S/C13H24N2O4/c1-9(8-19-3)7-14-13(18)15-5-4-11(12(16)17)6-10(15)2/h9-11H,4-8H2,1-3H3,(H,14,18)(H,16,17). The van der Waals surface area contributed by atoms with Crippen LogP contribution in [0.3, 0.4) is 0 Å². The van der Waals surface area contributed by atoms with Crippen LogP contribution in [0.15, 0.2) is 0 Å². The molecule has 1 fully saturated rings. The number of ether oxygens (including phenoxy) is 1. The van der Waals surface area contributed by atoms with Crippen LogP contribution in [0.1, 0.15) is 26.7 Å². The summed E-state index contributed by atoms with van der Waals surface area (Å²) in [4.78, 5) is 24.7. The van der Waals surface area contributed by atoms with E-state index >= 15 is 0 Å². The van der Waals surface area contributed by atoms with Crippen LogP contribution in [0.2, 0.25) is 0 Å². The van der Waals surface area contributed by atoms with Crippen molar-refractivity contribution in [3.05, 3.63) is 0 Å². The lowest BCUT2D eigenvalue weighted by molar-refractivity contribution is -0.143. The third-order valence-corrected chi connectivity index (χ3v) is 3.54. The zero-order valence-corrected chi connectivity index (χ0v) is 11.9. The molecule has 6 nitrogen and oxygen atoms in total. The van der Waals surface area contributed by atoms with Crippen LogP contribution >= 0.6 is 0 Å². The molecule has 0 saturated carbocycles. The highest BCUT2D eigenvalue weighted by atomic mass is 16.5. The zero-order chi connectivity index (χ0) is 14.4. The van der Waals surface area contributed by atoms with E-state index in [-0.39, 0.29) is 23.9 Å². The molecule has 0 aliphatic carbocycles. The summed E-state index contributed by atoms with van der Waals surface area (Å²) in [7, 11) is 1.64. The van der Waals surface area contributed by atoms with Crippen LogP contribution < -0.4 is 5.32 Å². The Morgan fingerprint density at radius 1 is 1.53 bits per heavy atom. The topological polar surface area (TPSA) is 78.9 Å². The summed E-state index contributed by atoms with van der Waals surface area (Å²) in [6.45, 7) is 5.58. The molecule has 2 N–H and O–H groups in total. The minimum absolute atomic E-state index is 0.0346. The maximum atomic E-state index is 12.0. The number of carbonyl (C=O) groups is 2.